The van der Waals surface area contributed by atoms with Crippen LogP contribution < -0.4 is 4.74 Å². The molecule has 0 aromatic carbocycles. The fourth-order valence-electron chi connectivity index (χ4n) is 0.631. The molecule has 0 saturated carbocycles. The fraction of sp³-hybridized carbons (Fsp3) is 0.250. The molecule has 1 aromatic rings. The Hall–Kier alpha value is -1.29. The van der Waals surface area contributed by atoms with E-state index in [0.29, 0.717) is 0 Å². The molecule has 4 nitrogen and oxygen atoms in total. The lowest BCUT2D eigenvalue weighted by Crippen LogP contribution is -2.11. The van der Waals surface area contributed by atoms with Crippen molar-refractivity contribution in [2.45, 2.75) is 6.92 Å². The Balaban J connectivity index is 2.63. The number of halogens is 1. The van der Waals surface area contributed by atoms with Gasteiger partial charge in [-0.05, 0) is 13.0 Å². The van der Waals surface area contributed by atoms with Crippen LogP contribution in [0.5, 0.6) is 5.88 Å². The summed E-state index contributed by atoms with van der Waals surface area (Å²) in [6, 6.07) is 4.13. The van der Waals surface area contributed by atoms with Crippen molar-refractivity contribution in [3.63, 3.8) is 0 Å². The zero-order chi connectivity index (χ0) is 9.68. The van der Waals surface area contributed by atoms with Crippen molar-refractivity contribution < 1.29 is 14.3 Å². The number of carbonyl (C=O) groups excluding carboxylic acids is 1. The average Bonchev–Trinajstić information content (AvgIpc) is 2.09. The molecule has 0 unspecified atom stereocenters. The molecule has 0 aliphatic rings. The van der Waals surface area contributed by atoms with Crippen LogP contribution in [0.25, 0.3) is 0 Å². The lowest BCUT2D eigenvalue weighted by molar-refractivity contribution is 0.103. The number of aromatic nitrogens is 1. The first-order valence-electron chi connectivity index (χ1n) is 3.61. The summed E-state index contributed by atoms with van der Waals surface area (Å²) in [7, 11) is 0. The third kappa shape index (κ3) is 2.91. The highest BCUT2D eigenvalue weighted by molar-refractivity contribution is 6.31. The maximum atomic E-state index is 10.8. The molecule has 5 heteroatoms. The van der Waals surface area contributed by atoms with E-state index in [-0.39, 0.29) is 17.5 Å². The first kappa shape index (κ1) is 9.80. The molecule has 69 valence electrons. The molecule has 0 amide bonds. The second-order valence-electron chi connectivity index (χ2n) is 1.99. The predicted octanol–water partition coefficient (Wildman–Crippen LogP) is 2.07. The maximum absolute atomic E-state index is 10.8. The van der Waals surface area contributed by atoms with E-state index < -0.39 is 6.16 Å². The van der Waals surface area contributed by atoms with Crippen molar-refractivity contribution in [2.75, 3.05) is 6.61 Å². The molecule has 0 spiro atoms. The third-order valence-corrected chi connectivity index (χ3v) is 1.38. The zero-order valence-electron chi connectivity index (χ0n) is 6.91. The lowest BCUT2D eigenvalue weighted by Gasteiger charge is -2.02. The monoisotopic (exact) mass is 200 g/mol. The van der Waals surface area contributed by atoms with Crippen molar-refractivity contribution in [2.24, 2.45) is 0 Å². The van der Waals surface area contributed by atoms with Gasteiger partial charge in [-0.1, -0.05) is 11.6 Å². The Kier molecular flexibility index (Phi) is 3.52. The summed E-state index contributed by atoms with van der Waals surface area (Å²) in [5.74, 6) is 0.00242. The SMILES string of the molecule is CCOC(=O)Oc1ncc[c]c1Cl. The number of nitrogens with zero attached hydrogens (tertiary/aromatic N) is 1. The van der Waals surface area contributed by atoms with Crippen LogP contribution in [-0.2, 0) is 4.74 Å². The molecule has 13 heavy (non-hydrogen) atoms. The van der Waals surface area contributed by atoms with Gasteiger partial charge in [-0.2, -0.15) is 0 Å². The Bertz CT molecular complexity index is 303. The van der Waals surface area contributed by atoms with Gasteiger partial charge in [0, 0.05) is 12.3 Å². The molecule has 1 heterocycles. The molecule has 0 aliphatic carbocycles. The van der Waals surface area contributed by atoms with Crippen LogP contribution in [0.4, 0.5) is 4.79 Å². The summed E-state index contributed by atoms with van der Waals surface area (Å²) in [6.07, 6.45) is 0.594. The first-order chi connectivity index (χ1) is 6.24. The molecular weight excluding hydrogens is 194 g/mol. The molecule has 1 aromatic heterocycles. The van der Waals surface area contributed by atoms with Gasteiger partial charge in [0.2, 0.25) is 5.88 Å². The van der Waals surface area contributed by atoms with Gasteiger partial charge in [-0.25, -0.2) is 9.78 Å². The van der Waals surface area contributed by atoms with Crippen molar-refractivity contribution in [3.8, 4) is 5.88 Å². The summed E-state index contributed by atoms with van der Waals surface area (Å²) in [5, 5.41) is 0.149. The van der Waals surface area contributed by atoms with Gasteiger partial charge in [0.15, 0.2) is 0 Å². The van der Waals surface area contributed by atoms with E-state index in [1.165, 1.54) is 12.3 Å². The molecule has 1 rings (SSSR count). The molecular formula is C8H7ClNO3. The van der Waals surface area contributed by atoms with Crippen LogP contribution >= 0.6 is 11.6 Å². The van der Waals surface area contributed by atoms with Gasteiger partial charge >= 0.3 is 6.16 Å². The van der Waals surface area contributed by atoms with Gasteiger partial charge in [0.05, 0.1) is 6.61 Å². The minimum atomic E-state index is -0.823. The molecule has 0 atom stereocenters. The van der Waals surface area contributed by atoms with Crippen LogP contribution in [0.2, 0.25) is 5.02 Å². The number of rotatable bonds is 2. The highest BCUT2D eigenvalue weighted by Crippen LogP contribution is 2.19. The van der Waals surface area contributed by atoms with E-state index in [1.54, 1.807) is 6.92 Å². The van der Waals surface area contributed by atoms with Crippen LogP contribution in [0.1, 0.15) is 6.92 Å². The highest BCUT2D eigenvalue weighted by Gasteiger charge is 2.08. The van der Waals surface area contributed by atoms with E-state index in [4.69, 9.17) is 11.6 Å². The molecule has 0 fully saturated rings. The van der Waals surface area contributed by atoms with Crippen molar-refractivity contribution >= 4 is 17.8 Å². The molecule has 0 N–H and O–H groups in total. The van der Waals surface area contributed by atoms with Crippen LogP contribution in [0.15, 0.2) is 12.3 Å². The van der Waals surface area contributed by atoms with E-state index in [9.17, 15) is 4.79 Å². The number of carbonyl (C=O) groups is 1. The van der Waals surface area contributed by atoms with E-state index in [1.807, 2.05) is 0 Å². The van der Waals surface area contributed by atoms with Gasteiger partial charge in [-0.3, -0.25) is 0 Å². The largest absolute Gasteiger partial charge is 0.515 e. The summed E-state index contributed by atoms with van der Waals surface area (Å²) < 4.78 is 9.18. The van der Waals surface area contributed by atoms with Crippen LogP contribution in [-0.4, -0.2) is 17.7 Å². The minimum Gasteiger partial charge on any atom is -0.434 e. The first-order valence-corrected chi connectivity index (χ1v) is 3.98. The normalized spacial score (nSPS) is 9.38. The number of ether oxygens (including phenoxy) is 2. The second-order valence-corrected chi connectivity index (χ2v) is 2.37. The second kappa shape index (κ2) is 4.67. The van der Waals surface area contributed by atoms with Gasteiger partial charge in [-0.15, -0.1) is 0 Å². The molecule has 1 radical (unpaired) electrons. The Morgan fingerprint density at radius 1 is 1.77 bits per heavy atom. The van der Waals surface area contributed by atoms with Gasteiger partial charge < -0.3 is 9.47 Å². The average molecular weight is 201 g/mol. The van der Waals surface area contributed by atoms with Gasteiger partial charge in [0.25, 0.3) is 0 Å². The van der Waals surface area contributed by atoms with Crippen molar-refractivity contribution in [1.29, 1.82) is 0 Å². The standard InChI is InChI=1S/C8H7ClNO3/c1-2-12-8(11)13-7-6(9)4-3-5-10-7/h3,5H,2H2,1H3. The van der Waals surface area contributed by atoms with Crippen LogP contribution in [0.3, 0.4) is 0 Å². The van der Waals surface area contributed by atoms with Crippen LogP contribution in [0, 0.1) is 6.07 Å². The third-order valence-electron chi connectivity index (χ3n) is 1.11. The minimum absolute atomic E-state index is 0.00242. The van der Waals surface area contributed by atoms with Crippen molar-refractivity contribution in [3.05, 3.63) is 23.4 Å². The molecule has 0 saturated heterocycles. The zero-order valence-corrected chi connectivity index (χ0v) is 7.67. The Morgan fingerprint density at radius 2 is 2.54 bits per heavy atom. The van der Waals surface area contributed by atoms with Gasteiger partial charge in [0.1, 0.15) is 5.02 Å². The molecule has 0 bridgehead atoms. The van der Waals surface area contributed by atoms with E-state index >= 15 is 0 Å². The predicted molar refractivity (Wildman–Crippen MR) is 45.7 cm³/mol. The number of pyridine rings is 1. The Morgan fingerprint density at radius 3 is 3.15 bits per heavy atom. The Labute approximate surface area is 80.4 Å². The van der Waals surface area contributed by atoms with E-state index in [0.717, 1.165) is 0 Å². The lowest BCUT2D eigenvalue weighted by atomic mass is 10.5. The highest BCUT2D eigenvalue weighted by atomic mass is 35.5. The summed E-state index contributed by atoms with van der Waals surface area (Å²) in [6.45, 7) is 1.92. The fourth-order valence-corrected chi connectivity index (χ4v) is 0.782. The molecule has 0 aliphatic heterocycles. The van der Waals surface area contributed by atoms with Crippen molar-refractivity contribution in [1.82, 2.24) is 4.98 Å². The smallest absolute Gasteiger partial charge is 0.434 e. The number of hydrogen-bond donors (Lipinski definition) is 0. The maximum Gasteiger partial charge on any atom is 0.515 e. The number of hydrogen-bond acceptors (Lipinski definition) is 4. The summed E-state index contributed by atoms with van der Waals surface area (Å²) in [5.41, 5.74) is 0. The topological polar surface area (TPSA) is 48.4 Å². The quantitative estimate of drug-likeness (QED) is 0.686. The van der Waals surface area contributed by atoms with E-state index in [2.05, 4.69) is 20.5 Å². The summed E-state index contributed by atoms with van der Waals surface area (Å²) >= 11 is 5.62. The summed E-state index contributed by atoms with van der Waals surface area (Å²) in [4.78, 5) is 14.5.